The Hall–Kier alpha value is -0.860. The van der Waals surface area contributed by atoms with Crippen molar-refractivity contribution in [1.29, 1.82) is 0 Å². The van der Waals surface area contributed by atoms with Crippen molar-refractivity contribution in [1.82, 2.24) is 5.32 Å². The van der Waals surface area contributed by atoms with Crippen LogP contribution >= 0.6 is 0 Å². The van der Waals surface area contributed by atoms with Crippen LogP contribution in [0, 0.1) is 6.92 Å². The number of piperidine rings is 1. The summed E-state index contributed by atoms with van der Waals surface area (Å²) < 4.78 is 6.14. The van der Waals surface area contributed by atoms with E-state index < -0.39 is 0 Å². The molecular formula is C17H27NO. The van der Waals surface area contributed by atoms with Gasteiger partial charge in [-0.15, -0.1) is 0 Å². The monoisotopic (exact) mass is 261 g/mol. The molecule has 0 aliphatic carbocycles. The fourth-order valence-corrected chi connectivity index (χ4v) is 3.24. The standard InChI is InChI=1S/C17H27NO/c1-13-6-8-14(9-7-13)12-19-15-10-16(2,3)18-17(4,5)11-15/h6-9,15,18H,10-12H2,1-5H3. The summed E-state index contributed by atoms with van der Waals surface area (Å²) in [5.41, 5.74) is 2.87. The van der Waals surface area contributed by atoms with Crippen molar-refractivity contribution in [3.63, 3.8) is 0 Å². The molecule has 2 heteroatoms. The van der Waals surface area contributed by atoms with E-state index in [0.717, 1.165) is 19.4 Å². The van der Waals surface area contributed by atoms with Gasteiger partial charge in [0.25, 0.3) is 0 Å². The maximum absolute atomic E-state index is 6.14. The molecule has 1 aliphatic heterocycles. The van der Waals surface area contributed by atoms with Crippen molar-refractivity contribution in [3.05, 3.63) is 35.4 Å². The van der Waals surface area contributed by atoms with E-state index in [-0.39, 0.29) is 11.1 Å². The molecule has 1 N–H and O–H groups in total. The zero-order valence-electron chi connectivity index (χ0n) is 12.9. The third kappa shape index (κ3) is 4.32. The zero-order valence-corrected chi connectivity index (χ0v) is 12.9. The Kier molecular flexibility index (Phi) is 4.03. The summed E-state index contributed by atoms with van der Waals surface area (Å²) >= 11 is 0. The van der Waals surface area contributed by atoms with E-state index in [2.05, 4.69) is 64.2 Å². The van der Waals surface area contributed by atoms with Gasteiger partial charge in [-0.1, -0.05) is 29.8 Å². The second-order valence-electron chi connectivity index (χ2n) is 7.22. The van der Waals surface area contributed by atoms with Gasteiger partial charge in [-0.3, -0.25) is 0 Å². The number of ether oxygens (including phenoxy) is 1. The van der Waals surface area contributed by atoms with Crippen molar-refractivity contribution >= 4 is 0 Å². The Morgan fingerprint density at radius 3 is 2.11 bits per heavy atom. The number of benzene rings is 1. The highest BCUT2D eigenvalue weighted by atomic mass is 16.5. The molecule has 1 aromatic carbocycles. The van der Waals surface area contributed by atoms with Gasteiger partial charge in [0.05, 0.1) is 12.7 Å². The molecule has 1 fully saturated rings. The first-order valence-electron chi connectivity index (χ1n) is 7.22. The molecule has 0 radical (unpaired) electrons. The molecule has 2 nitrogen and oxygen atoms in total. The van der Waals surface area contributed by atoms with Gasteiger partial charge in [-0.25, -0.2) is 0 Å². The second-order valence-corrected chi connectivity index (χ2v) is 7.22. The van der Waals surface area contributed by atoms with Crippen LogP contribution in [0.1, 0.15) is 51.7 Å². The van der Waals surface area contributed by atoms with Crippen LogP contribution in [0.3, 0.4) is 0 Å². The number of hydrogen-bond acceptors (Lipinski definition) is 2. The minimum atomic E-state index is 0.152. The summed E-state index contributed by atoms with van der Waals surface area (Å²) in [5, 5.41) is 3.69. The van der Waals surface area contributed by atoms with Crippen molar-refractivity contribution in [2.75, 3.05) is 0 Å². The fraction of sp³-hybridized carbons (Fsp3) is 0.647. The third-order valence-corrected chi connectivity index (χ3v) is 3.76. The second kappa shape index (κ2) is 5.26. The largest absolute Gasteiger partial charge is 0.373 e. The maximum atomic E-state index is 6.14. The lowest BCUT2D eigenvalue weighted by atomic mass is 9.81. The van der Waals surface area contributed by atoms with Crippen LogP contribution in [0.25, 0.3) is 0 Å². The third-order valence-electron chi connectivity index (χ3n) is 3.76. The van der Waals surface area contributed by atoms with Gasteiger partial charge < -0.3 is 10.1 Å². The van der Waals surface area contributed by atoms with Crippen LogP contribution in [0.2, 0.25) is 0 Å². The lowest BCUT2D eigenvalue weighted by Gasteiger charge is -2.46. The predicted octanol–water partition coefficient (Wildman–Crippen LogP) is 3.82. The van der Waals surface area contributed by atoms with Crippen molar-refractivity contribution in [2.24, 2.45) is 0 Å². The van der Waals surface area contributed by atoms with Gasteiger partial charge in [0.1, 0.15) is 0 Å². The van der Waals surface area contributed by atoms with E-state index in [0.29, 0.717) is 6.10 Å². The zero-order chi connectivity index (χ0) is 14.1. The summed E-state index contributed by atoms with van der Waals surface area (Å²) in [5.74, 6) is 0. The molecule has 0 spiro atoms. The van der Waals surface area contributed by atoms with E-state index in [1.807, 2.05) is 0 Å². The average Bonchev–Trinajstić information content (AvgIpc) is 2.24. The molecule has 0 saturated carbocycles. The minimum Gasteiger partial charge on any atom is -0.373 e. The molecule has 0 atom stereocenters. The summed E-state index contributed by atoms with van der Waals surface area (Å²) in [6.07, 6.45) is 2.48. The van der Waals surface area contributed by atoms with Crippen LogP contribution in [0.15, 0.2) is 24.3 Å². The van der Waals surface area contributed by atoms with E-state index in [1.54, 1.807) is 0 Å². The minimum absolute atomic E-state index is 0.152. The lowest BCUT2D eigenvalue weighted by Crippen LogP contribution is -2.59. The highest BCUT2D eigenvalue weighted by Gasteiger charge is 2.37. The SMILES string of the molecule is Cc1ccc(COC2CC(C)(C)NC(C)(C)C2)cc1. The Bertz CT molecular complexity index is 403. The Balaban J connectivity index is 1.93. The molecule has 19 heavy (non-hydrogen) atoms. The Morgan fingerprint density at radius 1 is 1.05 bits per heavy atom. The van der Waals surface area contributed by atoms with Gasteiger partial charge in [0, 0.05) is 11.1 Å². The molecule has 0 amide bonds. The van der Waals surface area contributed by atoms with E-state index in [1.165, 1.54) is 11.1 Å². The van der Waals surface area contributed by atoms with Crippen LogP contribution in [0.5, 0.6) is 0 Å². The average molecular weight is 261 g/mol. The van der Waals surface area contributed by atoms with E-state index >= 15 is 0 Å². The van der Waals surface area contributed by atoms with E-state index in [9.17, 15) is 0 Å². The van der Waals surface area contributed by atoms with Crippen LogP contribution < -0.4 is 5.32 Å². The molecule has 106 valence electrons. The quantitative estimate of drug-likeness (QED) is 0.893. The topological polar surface area (TPSA) is 21.3 Å². The van der Waals surface area contributed by atoms with Gasteiger partial charge in [0.2, 0.25) is 0 Å². The molecule has 2 rings (SSSR count). The normalized spacial score (nSPS) is 22.4. The molecule has 0 bridgehead atoms. The lowest BCUT2D eigenvalue weighted by molar-refractivity contribution is -0.0303. The number of aryl methyl sites for hydroxylation is 1. The van der Waals surface area contributed by atoms with Gasteiger partial charge in [-0.05, 0) is 53.0 Å². The molecular weight excluding hydrogens is 234 g/mol. The summed E-state index contributed by atoms with van der Waals surface area (Å²) in [6, 6.07) is 8.61. The van der Waals surface area contributed by atoms with Gasteiger partial charge >= 0.3 is 0 Å². The van der Waals surface area contributed by atoms with Crippen molar-refractivity contribution < 1.29 is 4.74 Å². The summed E-state index contributed by atoms with van der Waals surface area (Å²) in [7, 11) is 0. The van der Waals surface area contributed by atoms with Gasteiger partial charge in [-0.2, -0.15) is 0 Å². The predicted molar refractivity (Wildman–Crippen MR) is 80.3 cm³/mol. The highest BCUT2D eigenvalue weighted by molar-refractivity contribution is 5.20. The maximum Gasteiger partial charge on any atom is 0.0720 e. The first-order chi connectivity index (χ1) is 8.76. The van der Waals surface area contributed by atoms with Crippen LogP contribution in [-0.4, -0.2) is 17.2 Å². The van der Waals surface area contributed by atoms with Crippen molar-refractivity contribution in [2.45, 2.75) is 71.2 Å². The molecule has 1 heterocycles. The molecule has 0 aromatic heterocycles. The smallest absolute Gasteiger partial charge is 0.0720 e. The number of hydrogen-bond donors (Lipinski definition) is 1. The molecule has 0 unspecified atom stereocenters. The van der Waals surface area contributed by atoms with Gasteiger partial charge in [0.15, 0.2) is 0 Å². The van der Waals surface area contributed by atoms with E-state index in [4.69, 9.17) is 4.74 Å². The summed E-state index contributed by atoms with van der Waals surface area (Å²) in [4.78, 5) is 0. The molecule has 1 saturated heterocycles. The first kappa shape index (κ1) is 14.5. The van der Waals surface area contributed by atoms with Crippen LogP contribution in [0.4, 0.5) is 0 Å². The first-order valence-corrected chi connectivity index (χ1v) is 7.22. The number of nitrogens with one attached hydrogen (secondary N) is 1. The fourth-order valence-electron chi connectivity index (χ4n) is 3.24. The van der Waals surface area contributed by atoms with Crippen molar-refractivity contribution in [3.8, 4) is 0 Å². The Morgan fingerprint density at radius 2 is 1.58 bits per heavy atom. The highest BCUT2D eigenvalue weighted by Crippen LogP contribution is 2.30. The van der Waals surface area contributed by atoms with Crippen LogP contribution in [-0.2, 0) is 11.3 Å². The number of rotatable bonds is 3. The Labute approximate surface area is 117 Å². The summed E-state index contributed by atoms with van der Waals surface area (Å²) in [6.45, 7) is 11.9. The molecule has 1 aliphatic rings. The molecule has 1 aromatic rings.